The van der Waals surface area contributed by atoms with Crippen molar-refractivity contribution in [2.45, 2.75) is 31.6 Å². The lowest BCUT2D eigenvalue weighted by Crippen LogP contribution is -2.36. The SMILES string of the molecule is COc1ncnc(C2CC2)c1-c1ncc2c(n1)=NC(=O)C(c1cn(C)c(C)n1)C=2. The second-order valence-electron chi connectivity index (χ2n) is 7.31. The molecule has 0 saturated heterocycles. The van der Waals surface area contributed by atoms with Crippen LogP contribution in [0.2, 0.25) is 0 Å². The van der Waals surface area contributed by atoms with E-state index in [0.717, 1.165) is 24.4 Å². The molecule has 1 atom stereocenters. The second kappa shape index (κ2) is 6.54. The Labute approximate surface area is 166 Å². The molecule has 9 heteroatoms. The van der Waals surface area contributed by atoms with Gasteiger partial charge < -0.3 is 9.30 Å². The largest absolute Gasteiger partial charge is 0.480 e. The van der Waals surface area contributed by atoms with Crippen molar-refractivity contribution in [1.29, 1.82) is 0 Å². The van der Waals surface area contributed by atoms with Crippen LogP contribution in [0.25, 0.3) is 17.5 Å². The van der Waals surface area contributed by atoms with Crippen LogP contribution in [0.1, 0.15) is 41.9 Å². The molecule has 0 N–H and O–H groups in total. The number of rotatable bonds is 4. The molecule has 3 aromatic heterocycles. The summed E-state index contributed by atoms with van der Waals surface area (Å²) in [5.74, 6) is 1.22. The highest BCUT2D eigenvalue weighted by atomic mass is 16.5. The van der Waals surface area contributed by atoms with Gasteiger partial charge in [0.2, 0.25) is 5.88 Å². The monoisotopic (exact) mass is 389 g/mol. The van der Waals surface area contributed by atoms with E-state index in [0.29, 0.717) is 39.6 Å². The van der Waals surface area contributed by atoms with Crippen LogP contribution in [0, 0.1) is 6.92 Å². The average Bonchev–Trinajstić information content (AvgIpc) is 3.51. The molecule has 1 aliphatic carbocycles. The number of aryl methyl sites for hydroxylation is 2. The molecule has 1 fully saturated rings. The quantitative estimate of drug-likeness (QED) is 0.642. The van der Waals surface area contributed by atoms with Gasteiger partial charge in [-0.15, -0.1) is 0 Å². The maximum absolute atomic E-state index is 12.7. The molecule has 0 spiro atoms. The van der Waals surface area contributed by atoms with Crippen molar-refractivity contribution in [3.63, 3.8) is 0 Å². The molecule has 9 nitrogen and oxygen atoms in total. The molecular weight excluding hydrogens is 370 g/mol. The molecule has 3 aromatic rings. The lowest BCUT2D eigenvalue weighted by molar-refractivity contribution is -0.118. The average molecular weight is 389 g/mol. The van der Waals surface area contributed by atoms with E-state index in [-0.39, 0.29) is 5.91 Å². The third-order valence-corrected chi connectivity index (χ3v) is 5.29. The summed E-state index contributed by atoms with van der Waals surface area (Å²) in [5, 5.41) is 0.699. The molecule has 1 amide bonds. The number of hydrogen-bond acceptors (Lipinski definition) is 7. The van der Waals surface area contributed by atoms with Crippen molar-refractivity contribution in [3.8, 4) is 17.3 Å². The van der Waals surface area contributed by atoms with Crippen molar-refractivity contribution >= 4 is 12.0 Å². The number of hydrogen-bond donors (Lipinski definition) is 0. The van der Waals surface area contributed by atoms with E-state index < -0.39 is 5.92 Å². The van der Waals surface area contributed by atoms with Gasteiger partial charge >= 0.3 is 0 Å². The highest BCUT2D eigenvalue weighted by Crippen LogP contribution is 2.44. The summed E-state index contributed by atoms with van der Waals surface area (Å²) >= 11 is 0. The molecule has 146 valence electrons. The minimum Gasteiger partial charge on any atom is -0.480 e. The summed E-state index contributed by atoms with van der Waals surface area (Å²) in [4.78, 5) is 39.1. The van der Waals surface area contributed by atoms with Gasteiger partial charge in [-0.1, -0.05) is 6.08 Å². The second-order valence-corrected chi connectivity index (χ2v) is 7.31. The first-order valence-electron chi connectivity index (χ1n) is 9.41. The Bertz CT molecular complexity index is 1240. The number of fused-ring (bicyclic) bond motifs is 1. The van der Waals surface area contributed by atoms with E-state index in [1.165, 1.54) is 6.33 Å². The molecule has 5 rings (SSSR count). The van der Waals surface area contributed by atoms with Gasteiger partial charge in [0.05, 0.1) is 18.5 Å². The number of imidazole rings is 1. The molecule has 1 unspecified atom stereocenters. The van der Waals surface area contributed by atoms with Gasteiger partial charge in [0, 0.05) is 30.6 Å². The molecule has 0 bridgehead atoms. The van der Waals surface area contributed by atoms with E-state index in [1.54, 1.807) is 13.3 Å². The Morgan fingerprint density at radius 3 is 2.69 bits per heavy atom. The van der Waals surface area contributed by atoms with Crippen LogP contribution < -0.4 is 15.4 Å². The van der Waals surface area contributed by atoms with Crippen LogP contribution in [-0.4, -0.2) is 42.5 Å². The van der Waals surface area contributed by atoms with E-state index in [9.17, 15) is 4.79 Å². The third-order valence-electron chi connectivity index (χ3n) is 5.29. The van der Waals surface area contributed by atoms with Gasteiger partial charge in [-0.05, 0) is 19.8 Å². The Morgan fingerprint density at radius 1 is 1.17 bits per heavy atom. The minimum absolute atomic E-state index is 0.293. The van der Waals surface area contributed by atoms with E-state index in [2.05, 4.69) is 29.9 Å². The summed E-state index contributed by atoms with van der Waals surface area (Å²) in [6, 6.07) is 0. The Hall–Kier alpha value is -3.49. The summed E-state index contributed by atoms with van der Waals surface area (Å²) in [6.45, 7) is 1.89. The topological polar surface area (TPSA) is 108 Å². The summed E-state index contributed by atoms with van der Waals surface area (Å²) in [6.07, 6.45) is 8.98. The number of carbonyl (C=O) groups excluding carboxylic acids is 1. The number of nitrogens with zero attached hydrogens (tertiary/aromatic N) is 7. The van der Waals surface area contributed by atoms with Crippen LogP contribution in [0.5, 0.6) is 5.88 Å². The highest BCUT2D eigenvalue weighted by molar-refractivity contribution is 5.91. The van der Waals surface area contributed by atoms with Gasteiger partial charge in [0.1, 0.15) is 23.6 Å². The minimum atomic E-state index is -0.534. The number of aromatic nitrogens is 6. The maximum Gasteiger partial charge on any atom is 0.260 e. The molecule has 4 heterocycles. The Kier molecular flexibility index (Phi) is 3.97. The first-order valence-corrected chi connectivity index (χ1v) is 9.41. The molecule has 0 aromatic carbocycles. The number of methoxy groups -OCH3 is 1. The van der Waals surface area contributed by atoms with Crippen LogP contribution in [-0.2, 0) is 11.8 Å². The number of carbonyl (C=O) groups is 1. The zero-order valence-electron chi connectivity index (χ0n) is 16.3. The standard InChI is InChI=1S/C20H19N7O2/c1-10-24-14(8-27(10)2)13-6-12-7-21-18(25-17(12)26-19(13)28)15-16(11-4-5-11)22-9-23-20(15)29-3/h6-9,11,13H,4-5H2,1-3H3. The Morgan fingerprint density at radius 2 is 2.00 bits per heavy atom. The van der Waals surface area contributed by atoms with Crippen molar-refractivity contribution in [3.05, 3.63) is 46.6 Å². The molecule has 2 aliphatic rings. The van der Waals surface area contributed by atoms with Crippen LogP contribution in [0.4, 0.5) is 0 Å². The predicted molar refractivity (Wildman–Crippen MR) is 103 cm³/mol. The van der Waals surface area contributed by atoms with Gasteiger partial charge in [0.25, 0.3) is 5.91 Å². The molecule has 1 saturated carbocycles. The highest BCUT2D eigenvalue weighted by Gasteiger charge is 2.31. The van der Waals surface area contributed by atoms with E-state index >= 15 is 0 Å². The fourth-order valence-corrected chi connectivity index (χ4v) is 3.50. The summed E-state index contributed by atoms with van der Waals surface area (Å²) < 4.78 is 7.31. The summed E-state index contributed by atoms with van der Waals surface area (Å²) in [7, 11) is 3.45. The smallest absolute Gasteiger partial charge is 0.260 e. The normalized spacial score (nSPS) is 18.0. The lowest BCUT2D eigenvalue weighted by atomic mass is 10.0. The molecule has 1 aliphatic heterocycles. The molecular formula is C20H19N7O2. The third kappa shape index (κ3) is 2.98. The zero-order chi connectivity index (χ0) is 20.1. The fraction of sp³-hybridized carbons (Fsp3) is 0.350. The first kappa shape index (κ1) is 17.6. The van der Waals surface area contributed by atoms with Crippen LogP contribution >= 0.6 is 0 Å². The van der Waals surface area contributed by atoms with Crippen molar-refractivity contribution in [1.82, 2.24) is 29.5 Å². The van der Waals surface area contributed by atoms with Gasteiger partial charge in [0.15, 0.2) is 11.3 Å². The predicted octanol–water partition coefficient (Wildman–Crippen LogP) is 0.586. The van der Waals surface area contributed by atoms with Gasteiger partial charge in [-0.25, -0.2) is 24.9 Å². The number of ether oxygens (including phenoxy) is 1. The van der Waals surface area contributed by atoms with Crippen molar-refractivity contribution < 1.29 is 9.53 Å². The van der Waals surface area contributed by atoms with E-state index in [4.69, 9.17) is 4.74 Å². The van der Waals surface area contributed by atoms with Gasteiger partial charge in [-0.2, -0.15) is 4.99 Å². The Balaban J connectivity index is 1.62. The van der Waals surface area contributed by atoms with Gasteiger partial charge in [-0.3, -0.25) is 4.79 Å². The maximum atomic E-state index is 12.7. The van der Waals surface area contributed by atoms with Crippen LogP contribution in [0.15, 0.2) is 23.7 Å². The molecule has 0 radical (unpaired) electrons. The van der Waals surface area contributed by atoms with Crippen molar-refractivity contribution in [2.24, 2.45) is 12.0 Å². The van der Waals surface area contributed by atoms with E-state index in [1.807, 2.05) is 30.8 Å². The molecule has 29 heavy (non-hydrogen) atoms. The lowest BCUT2D eigenvalue weighted by Gasteiger charge is -2.12. The fourth-order valence-electron chi connectivity index (χ4n) is 3.50. The number of amides is 1. The summed E-state index contributed by atoms with van der Waals surface area (Å²) in [5.41, 5.74) is 2.56. The van der Waals surface area contributed by atoms with Crippen molar-refractivity contribution in [2.75, 3.05) is 7.11 Å². The van der Waals surface area contributed by atoms with Crippen LogP contribution in [0.3, 0.4) is 0 Å². The zero-order valence-corrected chi connectivity index (χ0v) is 16.3. The first-order chi connectivity index (χ1) is 14.0.